The Morgan fingerprint density at radius 1 is 0.641 bits per heavy atom. The summed E-state index contributed by atoms with van der Waals surface area (Å²) in [4.78, 5) is 14.0. The fraction of sp³-hybridized carbons (Fsp3) is 0.0294. The summed E-state index contributed by atoms with van der Waals surface area (Å²) in [6.07, 6.45) is 4.41. The van der Waals surface area contributed by atoms with Gasteiger partial charge < -0.3 is 4.42 Å². The van der Waals surface area contributed by atoms with Crippen LogP contribution in [0.25, 0.3) is 75.9 Å². The van der Waals surface area contributed by atoms with Crippen molar-refractivity contribution >= 4 is 53.6 Å². The van der Waals surface area contributed by atoms with Crippen molar-refractivity contribution in [2.24, 2.45) is 0 Å². The quantitative estimate of drug-likeness (QED) is 0.229. The van der Waals surface area contributed by atoms with Crippen molar-refractivity contribution in [1.29, 1.82) is 0 Å². The maximum absolute atomic E-state index is 6.27. The zero-order valence-corrected chi connectivity index (χ0v) is 21.5. The van der Waals surface area contributed by atoms with Crippen molar-refractivity contribution in [3.8, 4) is 33.6 Å². The number of benzene rings is 4. The molecule has 5 heteroatoms. The second kappa shape index (κ2) is 7.82. The van der Waals surface area contributed by atoms with Crippen molar-refractivity contribution in [2.45, 2.75) is 6.42 Å². The molecule has 9 rings (SSSR count). The number of aromatic nitrogens is 3. The van der Waals surface area contributed by atoms with Crippen molar-refractivity contribution in [3.05, 3.63) is 115 Å². The molecule has 0 fully saturated rings. The van der Waals surface area contributed by atoms with Crippen LogP contribution in [0.5, 0.6) is 0 Å². The van der Waals surface area contributed by atoms with E-state index in [0.717, 1.165) is 50.8 Å². The Kier molecular flexibility index (Phi) is 4.23. The van der Waals surface area contributed by atoms with Crippen molar-refractivity contribution < 1.29 is 4.42 Å². The second-order valence-corrected chi connectivity index (χ2v) is 11.1. The zero-order chi connectivity index (χ0) is 25.5. The number of thiophene rings is 1. The maximum Gasteiger partial charge on any atom is 0.135 e. The predicted octanol–water partition coefficient (Wildman–Crippen LogP) is 9.04. The molecule has 0 bridgehead atoms. The topological polar surface area (TPSA) is 51.8 Å². The Balaban J connectivity index is 1.23. The zero-order valence-electron chi connectivity index (χ0n) is 20.7. The van der Waals surface area contributed by atoms with E-state index < -0.39 is 0 Å². The standard InChI is InChI=1S/C34H19N3OS/c1-2-6-22-19(5-1)16-27-31(36-18-37-32(22)27)21-11-13-29-26(17-21)25-15-20(10-12-28(25)38-29)23-7-3-8-24-33-30(39-34(23)24)9-4-14-35-33/h1-15,17-18H,16H2. The third kappa shape index (κ3) is 3.02. The van der Waals surface area contributed by atoms with E-state index in [-0.39, 0.29) is 0 Å². The molecule has 4 aromatic carbocycles. The first kappa shape index (κ1) is 21.1. The van der Waals surface area contributed by atoms with Gasteiger partial charge in [-0.2, -0.15) is 0 Å². The molecule has 182 valence electrons. The number of hydrogen-bond donors (Lipinski definition) is 0. The molecule has 4 heterocycles. The lowest BCUT2D eigenvalue weighted by Crippen LogP contribution is -1.94. The summed E-state index contributed by atoms with van der Waals surface area (Å²) in [6, 6.07) is 32.1. The minimum Gasteiger partial charge on any atom is -0.456 e. The highest BCUT2D eigenvalue weighted by Crippen LogP contribution is 2.42. The molecule has 4 aromatic heterocycles. The highest BCUT2D eigenvalue weighted by atomic mass is 32.1. The van der Waals surface area contributed by atoms with Gasteiger partial charge in [0.15, 0.2) is 0 Å². The molecule has 0 aliphatic heterocycles. The van der Waals surface area contributed by atoms with Crippen LogP contribution in [0.3, 0.4) is 0 Å². The summed E-state index contributed by atoms with van der Waals surface area (Å²) >= 11 is 1.80. The molecule has 0 spiro atoms. The Labute approximate surface area is 227 Å². The number of nitrogens with zero attached hydrogens (tertiary/aromatic N) is 3. The van der Waals surface area contributed by atoms with Crippen LogP contribution in [0.1, 0.15) is 11.1 Å². The summed E-state index contributed by atoms with van der Waals surface area (Å²) in [5.41, 5.74) is 12.0. The fourth-order valence-electron chi connectivity index (χ4n) is 6.09. The molecule has 0 unspecified atom stereocenters. The molecule has 4 nitrogen and oxygen atoms in total. The van der Waals surface area contributed by atoms with E-state index in [1.54, 1.807) is 17.7 Å². The summed E-state index contributed by atoms with van der Waals surface area (Å²) in [5.74, 6) is 0. The van der Waals surface area contributed by atoms with Gasteiger partial charge in [0.1, 0.15) is 17.5 Å². The minimum absolute atomic E-state index is 0.851. The molecule has 0 atom stereocenters. The van der Waals surface area contributed by atoms with Gasteiger partial charge in [0.25, 0.3) is 0 Å². The van der Waals surface area contributed by atoms with Crippen molar-refractivity contribution in [3.63, 3.8) is 0 Å². The van der Waals surface area contributed by atoms with E-state index in [1.807, 2.05) is 12.3 Å². The van der Waals surface area contributed by atoms with Crippen LogP contribution in [0, 0.1) is 0 Å². The molecule has 1 aliphatic carbocycles. The minimum atomic E-state index is 0.851. The smallest absolute Gasteiger partial charge is 0.135 e. The lowest BCUT2D eigenvalue weighted by atomic mass is 9.99. The number of fused-ring (bicyclic) bond motifs is 9. The molecule has 0 N–H and O–H groups in total. The van der Waals surface area contributed by atoms with Gasteiger partial charge in [-0.1, -0.05) is 48.5 Å². The van der Waals surface area contributed by atoms with E-state index >= 15 is 0 Å². The average Bonchev–Trinajstić information content (AvgIpc) is 3.67. The van der Waals surface area contributed by atoms with Crippen LogP contribution in [-0.2, 0) is 6.42 Å². The van der Waals surface area contributed by atoms with Gasteiger partial charge in [0.05, 0.1) is 21.6 Å². The monoisotopic (exact) mass is 517 g/mol. The van der Waals surface area contributed by atoms with Crippen molar-refractivity contribution in [1.82, 2.24) is 15.0 Å². The first-order chi connectivity index (χ1) is 19.3. The second-order valence-electron chi connectivity index (χ2n) is 10.0. The highest BCUT2D eigenvalue weighted by Gasteiger charge is 2.24. The van der Waals surface area contributed by atoms with Crippen LogP contribution in [0.2, 0.25) is 0 Å². The fourth-order valence-corrected chi connectivity index (χ4v) is 7.29. The summed E-state index contributed by atoms with van der Waals surface area (Å²) in [5, 5.41) is 3.40. The molecule has 0 radical (unpaired) electrons. The van der Waals surface area contributed by atoms with Gasteiger partial charge in [-0.15, -0.1) is 11.3 Å². The third-order valence-corrected chi connectivity index (χ3v) is 9.08. The predicted molar refractivity (Wildman–Crippen MR) is 159 cm³/mol. The summed E-state index contributed by atoms with van der Waals surface area (Å²) < 4.78 is 8.74. The lowest BCUT2D eigenvalue weighted by Gasteiger charge is -2.07. The average molecular weight is 518 g/mol. The van der Waals surface area contributed by atoms with Crippen LogP contribution in [-0.4, -0.2) is 15.0 Å². The molecular formula is C34H19N3OS. The third-order valence-electron chi connectivity index (χ3n) is 7.89. The Bertz CT molecular complexity index is 2280. The first-order valence-electron chi connectivity index (χ1n) is 13.0. The molecule has 1 aliphatic rings. The van der Waals surface area contributed by atoms with E-state index in [9.17, 15) is 0 Å². The Morgan fingerprint density at radius 2 is 1.44 bits per heavy atom. The van der Waals surface area contributed by atoms with E-state index in [4.69, 9.17) is 9.40 Å². The van der Waals surface area contributed by atoms with Crippen LogP contribution >= 0.6 is 11.3 Å². The molecule has 0 saturated heterocycles. The highest BCUT2D eigenvalue weighted by molar-refractivity contribution is 7.26. The van der Waals surface area contributed by atoms with Crippen molar-refractivity contribution in [2.75, 3.05) is 0 Å². The Morgan fingerprint density at radius 3 is 2.36 bits per heavy atom. The SMILES string of the molecule is c1ccc2c(c1)Cc1c(-c3ccc4oc5ccc(-c6cccc7c6sc6cccnc67)cc5c4c3)ncnc1-2. The van der Waals surface area contributed by atoms with Gasteiger partial charge in [-0.3, -0.25) is 4.98 Å². The number of pyridine rings is 1. The lowest BCUT2D eigenvalue weighted by molar-refractivity contribution is 0.669. The van der Waals surface area contributed by atoms with Crippen LogP contribution in [0.4, 0.5) is 0 Å². The molecule has 0 amide bonds. The van der Waals surface area contributed by atoms with Crippen LogP contribution < -0.4 is 0 Å². The molecular weight excluding hydrogens is 498 g/mol. The summed E-state index contributed by atoms with van der Waals surface area (Å²) in [7, 11) is 0. The normalized spacial score (nSPS) is 12.5. The van der Waals surface area contributed by atoms with Gasteiger partial charge in [0.2, 0.25) is 0 Å². The molecule has 39 heavy (non-hydrogen) atoms. The van der Waals surface area contributed by atoms with Gasteiger partial charge in [0, 0.05) is 50.2 Å². The summed E-state index contributed by atoms with van der Waals surface area (Å²) in [6.45, 7) is 0. The number of hydrogen-bond acceptors (Lipinski definition) is 5. The van der Waals surface area contributed by atoms with E-state index in [2.05, 4.69) is 94.9 Å². The van der Waals surface area contributed by atoms with Gasteiger partial charge in [-0.25, -0.2) is 9.97 Å². The first-order valence-corrected chi connectivity index (χ1v) is 13.8. The molecule has 0 saturated carbocycles. The molecule has 8 aromatic rings. The number of furan rings is 1. The van der Waals surface area contributed by atoms with Gasteiger partial charge in [-0.05, 0) is 59.2 Å². The maximum atomic E-state index is 6.27. The van der Waals surface area contributed by atoms with Crippen LogP contribution in [0.15, 0.2) is 108 Å². The van der Waals surface area contributed by atoms with Gasteiger partial charge >= 0.3 is 0 Å². The number of rotatable bonds is 2. The Hall–Kier alpha value is -4.87. The van der Waals surface area contributed by atoms with E-state index in [0.29, 0.717) is 0 Å². The largest absolute Gasteiger partial charge is 0.456 e. The van der Waals surface area contributed by atoms with E-state index in [1.165, 1.54) is 42.6 Å².